The molecule has 0 amide bonds. The second-order valence-electron chi connectivity index (χ2n) is 3.24. The maximum atomic E-state index is 5.95. The van der Waals surface area contributed by atoms with E-state index in [4.69, 9.17) is 5.73 Å². The van der Waals surface area contributed by atoms with Gasteiger partial charge in [0.15, 0.2) is 0 Å². The highest BCUT2D eigenvalue weighted by Gasteiger charge is 2.11. The number of imidazole rings is 2. The normalized spacial score (nSPS) is 13.0. The van der Waals surface area contributed by atoms with Crippen LogP contribution in [0.4, 0.5) is 0 Å². The van der Waals surface area contributed by atoms with Crippen LogP contribution in [0.3, 0.4) is 0 Å². The predicted molar refractivity (Wildman–Crippen MR) is 52.4 cm³/mol. The standard InChI is InChI=1S/C9H13N5/c1-14-5-4-11-8(14)6-7(10)9-12-2-3-13-9/h2-5,7H,6,10H2,1H3,(H,12,13). The summed E-state index contributed by atoms with van der Waals surface area (Å²) < 4.78 is 1.96. The molecule has 2 heterocycles. The molecule has 5 nitrogen and oxygen atoms in total. The van der Waals surface area contributed by atoms with Crippen molar-refractivity contribution in [1.29, 1.82) is 0 Å². The average molecular weight is 191 g/mol. The number of nitrogens with one attached hydrogen (secondary N) is 1. The Labute approximate surface area is 82.0 Å². The molecule has 0 spiro atoms. The Bertz CT molecular complexity index is 389. The molecule has 0 bridgehead atoms. The summed E-state index contributed by atoms with van der Waals surface area (Å²) in [6.07, 6.45) is 7.84. The maximum Gasteiger partial charge on any atom is 0.123 e. The molecule has 2 aromatic heterocycles. The summed E-state index contributed by atoms with van der Waals surface area (Å²) in [5, 5.41) is 0. The highest BCUT2D eigenvalue weighted by atomic mass is 15.0. The van der Waals surface area contributed by atoms with E-state index in [9.17, 15) is 0 Å². The first-order valence-electron chi connectivity index (χ1n) is 4.48. The van der Waals surface area contributed by atoms with Crippen molar-refractivity contribution in [3.63, 3.8) is 0 Å². The summed E-state index contributed by atoms with van der Waals surface area (Å²) >= 11 is 0. The lowest BCUT2D eigenvalue weighted by Gasteiger charge is -2.08. The zero-order valence-corrected chi connectivity index (χ0v) is 8.01. The van der Waals surface area contributed by atoms with Gasteiger partial charge >= 0.3 is 0 Å². The zero-order chi connectivity index (χ0) is 9.97. The SMILES string of the molecule is Cn1ccnc1CC(N)c1ncc[nH]1. The topological polar surface area (TPSA) is 72.5 Å². The van der Waals surface area contributed by atoms with Gasteiger partial charge in [0.05, 0.1) is 6.04 Å². The highest BCUT2D eigenvalue weighted by Crippen LogP contribution is 2.09. The van der Waals surface area contributed by atoms with E-state index in [0.717, 1.165) is 11.6 Å². The molecule has 0 aliphatic heterocycles. The minimum atomic E-state index is -0.119. The second-order valence-corrected chi connectivity index (χ2v) is 3.24. The van der Waals surface area contributed by atoms with E-state index in [1.165, 1.54) is 0 Å². The maximum absolute atomic E-state index is 5.95. The Balaban J connectivity index is 2.09. The Kier molecular flexibility index (Phi) is 2.32. The van der Waals surface area contributed by atoms with Crippen LogP contribution in [-0.2, 0) is 13.5 Å². The van der Waals surface area contributed by atoms with Gasteiger partial charge in [-0.15, -0.1) is 0 Å². The first kappa shape index (κ1) is 8.96. The number of hydrogen-bond donors (Lipinski definition) is 2. The fourth-order valence-electron chi connectivity index (χ4n) is 1.37. The molecule has 2 aromatic rings. The Morgan fingerprint density at radius 1 is 1.50 bits per heavy atom. The summed E-state index contributed by atoms with van der Waals surface area (Å²) in [5.74, 6) is 1.77. The third-order valence-electron chi connectivity index (χ3n) is 2.19. The van der Waals surface area contributed by atoms with Gasteiger partial charge in [0.1, 0.15) is 11.6 Å². The van der Waals surface area contributed by atoms with Crippen LogP contribution < -0.4 is 5.73 Å². The fraction of sp³-hybridized carbons (Fsp3) is 0.333. The van der Waals surface area contributed by atoms with Crippen molar-refractivity contribution in [3.05, 3.63) is 36.4 Å². The quantitative estimate of drug-likeness (QED) is 0.737. The fourth-order valence-corrected chi connectivity index (χ4v) is 1.37. The molecule has 5 heteroatoms. The van der Waals surface area contributed by atoms with E-state index in [1.807, 2.05) is 17.8 Å². The number of aromatic nitrogens is 4. The van der Waals surface area contributed by atoms with Gasteiger partial charge in [-0.1, -0.05) is 0 Å². The van der Waals surface area contributed by atoms with Gasteiger partial charge in [0.25, 0.3) is 0 Å². The van der Waals surface area contributed by atoms with Crippen molar-refractivity contribution in [2.45, 2.75) is 12.5 Å². The van der Waals surface area contributed by atoms with Crippen LogP contribution in [0.2, 0.25) is 0 Å². The number of nitrogens with zero attached hydrogens (tertiary/aromatic N) is 3. The zero-order valence-electron chi connectivity index (χ0n) is 8.01. The van der Waals surface area contributed by atoms with Crippen LogP contribution in [-0.4, -0.2) is 19.5 Å². The largest absolute Gasteiger partial charge is 0.347 e. The van der Waals surface area contributed by atoms with Gasteiger partial charge in [0.2, 0.25) is 0 Å². The van der Waals surface area contributed by atoms with Crippen LogP contribution >= 0.6 is 0 Å². The van der Waals surface area contributed by atoms with Crippen LogP contribution in [0, 0.1) is 0 Å². The molecule has 0 aromatic carbocycles. The number of aromatic amines is 1. The molecule has 0 saturated carbocycles. The van der Waals surface area contributed by atoms with E-state index in [1.54, 1.807) is 18.6 Å². The first-order valence-corrected chi connectivity index (χ1v) is 4.48. The summed E-state index contributed by atoms with van der Waals surface area (Å²) in [4.78, 5) is 11.3. The average Bonchev–Trinajstić information content (AvgIpc) is 2.77. The lowest BCUT2D eigenvalue weighted by Crippen LogP contribution is -2.17. The van der Waals surface area contributed by atoms with Crippen molar-refractivity contribution in [2.75, 3.05) is 0 Å². The molecule has 1 unspecified atom stereocenters. The Morgan fingerprint density at radius 2 is 2.36 bits per heavy atom. The van der Waals surface area contributed by atoms with Gasteiger partial charge < -0.3 is 15.3 Å². The Hall–Kier alpha value is -1.62. The Morgan fingerprint density at radius 3 is 2.93 bits per heavy atom. The number of rotatable bonds is 3. The molecule has 74 valence electrons. The minimum absolute atomic E-state index is 0.119. The van der Waals surface area contributed by atoms with E-state index in [2.05, 4.69) is 15.0 Å². The van der Waals surface area contributed by atoms with E-state index < -0.39 is 0 Å². The number of nitrogens with two attached hydrogens (primary N) is 1. The van der Waals surface area contributed by atoms with E-state index in [-0.39, 0.29) is 6.04 Å². The molecule has 0 aliphatic carbocycles. The van der Waals surface area contributed by atoms with Gasteiger partial charge in [-0.3, -0.25) is 0 Å². The molecule has 3 N–H and O–H groups in total. The monoisotopic (exact) mass is 191 g/mol. The molecule has 14 heavy (non-hydrogen) atoms. The lowest BCUT2D eigenvalue weighted by molar-refractivity contribution is 0.631. The number of H-pyrrole nitrogens is 1. The van der Waals surface area contributed by atoms with E-state index in [0.29, 0.717) is 6.42 Å². The van der Waals surface area contributed by atoms with Gasteiger partial charge in [0, 0.05) is 38.3 Å². The molecule has 0 saturated heterocycles. The van der Waals surface area contributed by atoms with Crippen LogP contribution in [0.1, 0.15) is 17.7 Å². The number of hydrogen-bond acceptors (Lipinski definition) is 3. The van der Waals surface area contributed by atoms with Gasteiger partial charge in [-0.25, -0.2) is 9.97 Å². The van der Waals surface area contributed by atoms with Crippen molar-refractivity contribution in [1.82, 2.24) is 19.5 Å². The summed E-state index contributed by atoms with van der Waals surface area (Å²) in [6, 6.07) is -0.119. The smallest absolute Gasteiger partial charge is 0.123 e. The van der Waals surface area contributed by atoms with Gasteiger partial charge in [-0.2, -0.15) is 0 Å². The summed E-state index contributed by atoms with van der Waals surface area (Å²) in [7, 11) is 1.96. The second kappa shape index (κ2) is 3.63. The van der Waals surface area contributed by atoms with Gasteiger partial charge in [-0.05, 0) is 0 Å². The molecule has 1 atom stereocenters. The third kappa shape index (κ3) is 1.67. The molecule has 2 rings (SSSR count). The summed E-state index contributed by atoms with van der Waals surface area (Å²) in [5.41, 5.74) is 5.95. The van der Waals surface area contributed by atoms with Crippen molar-refractivity contribution in [2.24, 2.45) is 12.8 Å². The first-order chi connectivity index (χ1) is 6.77. The highest BCUT2D eigenvalue weighted by molar-refractivity contribution is 5.01. The van der Waals surface area contributed by atoms with Crippen LogP contribution in [0.5, 0.6) is 0 Å². The third-order valence-corrected chi connectivity index (χ3v) is 2.19. The molecular weight excluding hydrogens is 178 g/mol. The molecule has 0 radical (unpaired) electrons. The molecular formula is C9H13N5. The van der Waals surface area contributed by atoms with Crippen molar-refractivity contribution < 1.29 is 0 Å². The van der Waals surface area contributed by atoms with Crippen LogP contribution in [0.15, 0.2) is 24.8 Å². The summed E-state index contributed by atoms with van der Waals surface area (Å²) in [6.45, 7) is 0. The molecule has 0 aliphatic rings. The lowest BCUT2D eigenvalue weighted by atomic mass is 10.2. The van der Waals surface area contributed by atoms with Crippen molar-refractivity contribution >= 4 is 0 Å². The molecule has 0 fully saturated rings. The predicted octanol–water partition coefficient (Wildman–Crippen LogP) is 0.386. The van der Waals surface area contributed by atoms with E-state index >= 15 is 0 Å². The number of aryl methyl sites for hydroxylation is 1. The van der Waals surface area contributed by atoms with Crippen LogP contribution in [0.25, 0.3) is 0 Å². The minimum Gasteiger partial charge on any atom is -0.347 e. The van der Waals surface area contributed by atoms with Crippen molar-refractivity contribution in [3.8, 4) is 0 Å².